The number of halogens is 3. The van der Waals surface area contributed by atoms with E-state index in [1.165, 1.54) is 11.8 Å². The molecule has 2 aromatic carbocycles. The molecule has 0 unspecified atom stereocenters. The SMILES string of the molecule is O=C1C[C@H](C(=O)Nc2cc(F)ccc2F)c2c(nc(SCc3cccc(Cl)c3)[nH]c2=O)N1. The Hall–Kier alpha value is -3.24. The van der Waals surface area contributed by atoms with E-state index in [0.29, 0.717) is 10.8 Å². The summed E-state index contributed by atoms with van der Waals surface area (Å²) in [4.78, 5) is 44.5. The molecule has 0 radical (unpaired) electrons. The Morgan fingerprint density at radius 2 is 2.03 bits per heavy atom. The van der Waals surface area contributed by atoms with Crippen LogP contribution in [-0.4, -0.2) is 21.8 Å². The van der Waals surface area contributed by atoms with Crippen molar-refractivity contribution in [3.63, 3.8) is 0 Å². The molecule has 0 bridgehead atoms. The monoisotopic (exact) mass is 476 g/mol. The highest BCUT2D eigenvalue weighted by atomic mass is 35.5. The largest absolute Gasteiger partial charge is 0.323 e. The molecule has 2 amide bonds. The fourth-order valence-electron chi connectivity index (χ4n) is 3.23. The van der Waals surface area contributed by atoms with Gasteiger partial charge in [-0.15, -0.1) is 0 Å². The van der Waals surface area contributed by atoms with E-state index in [1.54, 1.807) is 18.2 Å². The lowest BCUT2D eigenvalue weighted by Gasteiger charge is -2.23. The highest BCUT2D eigenvalue weighted by Gasteiger charge is 2.35. The average Bonchev–Trinajstić information content (AvgIpc) is 2.74. The first kappa shape index (κ1) is 22.0. The number of aromatic amines is 1. The molecule has 3 N–H and O–H groups in total. The van der Waals surface area contributed by atoms with Crippen LogP contribution in [-0.2, 0) is 15.3 Å². The maximum absolute atomic E-state index is 13.9. The lowest BCUT2D eigenvalue weighted by atomic mass is 9.92. The Kier molecular flexibility index (Phi) is 6.24. The maximum atomic E-state index is 13.9. The van der Waals surface area contributed by atoms with Crippen molar-refractivity contribution in [2.24, 2.45) is 0 Å². The van der Waals surface area contributed by atoms with Crippen molar-refractivity contribution in [3.05, 3.63) is 80.6 Å². The van der Waals surface area contributed by atoms with Crippen molar-refractivity contribution < 1.29 is 18.4 Å². The van der Waals surface area contributed by atoms with Crippen LogP contribution in [0.1, 0.15) is 23.5 Å². The molecule has 0 aliphatic carbocycles. The van der Waals surface area contributed by atoms with E-state index in [0.717, 1.165) is 23.8 Å². The van der Waals surface area contributed by atoms with E-state index >= 15 is 0 Å². The van der Waals surface area contributed by atoms with Gasteiger partial charge >= 0.3 is 0 Å². The van der Waals surface area contributed by atoms with Crippen molar-refractivity contribution in [1.29, 1.82) is 0 Å². The highest BCUT2D eigenvalue weighted by molar-refractivity contribution is 7.98. The Labute approximate surface area is 189 Å². The normalized spacial score (nSPS) is 15.1. The third-order valence-corrected chi connectivity index (χ3v) is 5.88. The van der Waals surface area contributed by atoms with Gasteiger partial charge in [0.05, 0.1) is 17.2 Å². The van der Waals surface area contributed by atoms with E-state index in [-0.39, 0.29) is 28.6 Å². The van der Waals surface area contributed by atoms with E-state index in [1.807, 2.05) is 6.07 Å². The summed E-state index contributed by atoms with van der Waals surface area (Å²) < 4.78 is 27.3. The highest BCUT2D eigenvalue weighted by Crippen LogP contribution is 2.31. The zero-order valence-electron chi connectivity index (χ0n) is 16.2. The van der Waals surface area contributed by atoms with Crippen molar-refractivity contribution >= 4 is 46.7 Å². The van der Waals surface area contributed by atoms with Gasteiger partial charge in [-0.1, -0.05) is 35.5 Å². The van der Waals surface area contributed by atoms with Crippen molar-refractivity contribution in [2.75, 3.05) is 10.6 Å². The predicted octanol–water partition coefficient (Wildman–Crippen LogP) is 4.06. The summed E-state index contributed by atoms with van der Waals surface area (Å²) >= 11 is 7.19. The number of carbonyl (C=O) groups is 2. The molecule has 4 rings (SSSR count). The number of amides is 2. The molecule has 3 aromatic rings. The number of fused-ring (bicyclic) bond motifs is 1. The van der Waals surface area contributed by atoms with Crippen LogP contribution in [0, 0.1) is 11.6 Å². The molecule has 1 aliphatic rings. The molecule has 2 heterocycles. The van der Waals surface area contributed by atoms with Gasteiger partial charge in [-0.25, -0.2) is 13.8 Å². The third kappa shape index (κ3) is 4.81. The lowest BCUT2D eigenvalue weighted by molar-refractivity contribution is -0.123. The molecule has 164 valence electrons. The smallest absolute Gasteiger partial charge is 0.257 e. The van der Waals surface area contributed by atoms with E-state index in [2.05, 4.69) is 20.6 Å². The molecule has 1 aromatic heterocycles. The van der Waals surface area contributed by atoms with Gasteiger partial charge in [-0.05, 0) is 29.8 Å². The molecule has 11 heteroatoms. The second-order valence-electron chi connectivity index (χ2n) is 6.97. The standard InChI is InChI=1S/C21H15ClF2N4O3S/c22-11-3-1-2-10(6-11)9-32-21-27-18-17(20(31)28-21)13(8-16(29)26-18)19(30)25-15-7-12(23)4-5-14(15)24/h1-7,13H,8-9H2,(H,25,30)(H2,26,27,28,29,31)/t13-/m0/s1. The zero-order chi connectivity index (χ0) is 22.8. The Bertz CT molecular complexity index is 1280. The molecular formula is C21H15ClF2N4O3S. The maximum Gasteiger partial charge on any atom is 0.257 e. The number of H-pyrrole nitrogens is 1. The first-order valence-electron chi connectivity index (χ1n) is 9.37. The van der Waals surface area contributed by atoms with Crippen LogP contribution in [0.5, 0.6) is 0 Å². The minimum atomic E-state index is -1.22. The number of nitrogens with one attached hydrogen (secondary N) is 3. The fraction of sp³-hybridized carbons (Fsp3) is 0.143. The van der Waals surface area contributed by atoms with E-state index < -0.39 is 34.9 Å². The van der Waals surface area contributed by atoms with Gasteiger partial charge in [0.25, 0.3) is 5.56 Å². The summed E-state index contributed by atoms with van der Waals surface area (Å²) in [6, 6.07) is 9.77. The molecule has 1 atom stereocenters. The van der Waals surface area contributed by atoms with Crippen LogP contribution >= 0.6 is 23.4 Å². The molecule has 7 nitrogen and oxygen atoms in total. The number of aromatic nitrogens is 2. The summed E-state index contributed by atoms with van der Waals surface area (Å²) in [6.45, 7) is 0. The minimum absolute atomic E-state index is 0.0431. The second kappa shape index (κ2) is 9.09. The van der Waals surface area contributed by atoms with Crippen molar-refractivity contribution in [1.82, 2.24) is 9.97 Å². The Balaban J connectivity index is 1.59. The van der Waals surface area contributed by atoms with E-state index in [9.17, 15) is 23.2 Å². The van der Waals surface area contributed by atoms with Gasteiger partial charge in [0.1, 0.15) is 17.5 Å². The van der Waals surface area contributed by atoms with Crippen molar-refractivity contribution in [3.8, 4) is 0 Å². The Morgan fingerprint density at radius 3 is 2.81 bits per heavy atom. The molecular weight excluding hydrogens is 462 g/mol. The van der Waals surface area contributed by atoms with Gasteiger partial charge in [0, 0.05) is 23.3 Å². The van der Waals surface area contributed by atoms with Crippen molar-refractivity contribution in [2.45, 2.75) is 23.2 Å². The summed E-state index contributed by atoms with van der Waals surface area (Å²) in [5.74, 6) is -3.75. The first-order chi connectivity index (χ1) is 15.3. The molecule has 1 aliphatic heterocycles. The van der Waals surface area contributed by atoms with Crippen LogP contribution in [0.2, 0.25) is 5.02 Å². The number of hydrogen-bond donors (Lipinski definition) is 3. The third-order valence-electron chi connectivity index (χ3n) is 4.70. The molecule has 0 fully saturated rings. The van der Waals surface area contributed by atoms with Crippen LogP contribution in [0.4, 0.5) is 20.3 Å². The zero-order valence-corrected chi connectivity index (χ0v) is 17.8. The number of anilines is 2. The van der Waals surface area contributed by atoms with Gasteiger partial charge in [-0.3, -0.25) is 14.4 Å². The minimum Gasteiger partial charge on any atom is -0.323 e. The Morgan fingerprint density at radius 1 is 1.22 bits per heavy atom. The van der Waals surface area contributed by atoms with E-state index in [4.69, 9.17) is 11.6 Å². The molecule has 0 spiro atoms. The number of nitrogens with zero attached hydrogens (tertiary/aromatic N) is 1. The summed E-state index contributed by atoms with van der Waals surface area (Å²) in [7, 11) is 0. The fourth-order valence-corrected chi connectivity index (χ4v) is 4.25. The first-order valence-corrected chi connectivity index (χ1v) is 10.7. The van der Waals surface area contributed by atoms with Gasteiger partial charge < -0.3 is 15.6 Å². The molecule has 32 heavy (non-hydrogen) atoms. The number of carbonyl (C=O) groups excluding carboxylic acids is 2. The summed E-state index contributed by atoms with van der Waals surface area (Å²) in [6.07, 6.45) is -0.338. The number of hydrogen-bond acceptors (Lipinski definition) is 5. The average molecular weight is 477 g/mol. The second-order valence-corrected chi connectivity index (χ2v) is 8.37. The molecule has 0 saturated heterocycles. The summed E-state index contributed by atoms with van der Waals surface area (Å²) in [5.41, 5.74) is -0.142. The summed E-state index contributed by atoms with van der Waals surface area (Å²) in [5, 5.41) is 5.56. The van der Waals surface area contributed by atoms with Gasteiger partial charge in [-0.2, -0.15) is 0 Å². The van der Waals surface area contributed by atoms with Crippen LogP contribution in [0.3, 0.4) is 0 Å². The lowest BCUT2D eigenvalue weighted by Crippen LogP contribution is -2.36. The van der Waals surface area contributed by atoms with Gasteiger partial charge in [0.2, 0.25) is 11.8 Å². The topological polar surface area (TPSA) is 104 Å². The molecule has 0 saturated carbocycles. The van der Waals surface area contributed by atoms with Crippen LogP contribution in [0.15, 0.2) is 52.4 Å². The van der Waals surface area contributed by atoms with Crippen LogP contribution < -0.4 is 16.2 Å². The van der Waals surface area contributed by atoms with Crippen LogP contribution in [0.25, 0.3) is 0 Å². The quantitative estimate of drug-likeness (QED) is 0.380. The predicted molar refractivity (Wildman–Crippen MR) is 117 cm³/mol. The number of thioether (sulfide) groups is 1. The van der Waals surface area contributed by atoms with Gasteiger partial charge in [0.15, 0.2) is 5.16 Å². The number of rotatable bonds is 5. The number of benzene rings is 2.